The maximum Gasteiger partial charge on any atom is 0.138 e. The van der Waals surface area contributed by atoms with Crippen molar-refractivity contribution in [3.05, 3.63) is 41.7 Å². The molecule has 0 saturated heterocycles. The number of fused-ring (bicyclic) bond motifs is 1. The lowest BCUT2D eigenvalue weighted by Crippen LogP contribution is -2.25. The summed E-state index contributed by atoms with van der Waals surface area (Å²) in [6.07, 6.45) is 5.99. The van der Waals surface area contributed by atoms with E-state index in [0.717, 1.165) is 37.0 Å². The highest BCUT2D eigenvalue weighted by atomic mass is 15.2. The van der Waals surface area contributed by atoms with Gasteiger partial charge in [0.25, 0.3) is 0 Å². The highest BCUT2D eigenvalue weighted by Crippen LogP contribution is 2.32. The second-order valence-corrected chi connectivity index (χ2v) is 6.18. The molecule has 3 rings (SSSR count). The summed E-state index contributed by atoms with van der Waals surface area (Å²) in [5.74, 6) is 2.76. The van der Waals surface area contributed by atoms with Gasteiger partial charge in [-0.15, -0.1) is 0 Å². The highest BCUT2D eigenvalue weighted by Gasteiger charge is 2.19. The summed E-state index contributed by atoms with van der Waals surface area (Å²) in [6.45, 7) is 6.18. The number of unbranched alkanes of at least 4 members (excludes halogenated alkanes) is 2. The predicted octanol–water partition coefficient (Wildman–Crippen LogP) is 4.47. The minimum Gasteiger partial charge on any atom is -0.370 e. The van der Waals surface area contributed by atoms with Crippen molar-refractivity contribution in [2.75, 3.05) is 23.3 Å². The highest BCUT2D eigenvalue weighted by molar-refractivity contribution is 5.67. The lowest BCUT2D eigenvalue weighted by atomic mass is 10.0. The number of hydrogen-bond acceptors (Lipinski definition) is 4. The number of nitrogens with zero attached hydrogens (tertiary/aromatic N) is 3. The fraction of sp³-hybridized carbons (Fsp3) is 0.474. The molecule has 1 aromatic carbocycles. The fourth-order valence-electron chi connectivity index (χ4n) is 3.14. The number of rotatable bonds is 6. The Bertz CT molecular complexity index is 654. The zero-order chi connectivity index (χ0) is 16.1. The molecule has 4 nitrogen and oxygen atoms in total. The topological polar surface area (TPSA) is 41.0 Å². The van der Waals surface area contributed by atoms with Crippen molar-refractivity contribution in [1.82, 2.24) is 9.97 Å². The van der Waals surface area contributed by atoms with E-state index in [2.05, 4.69) is 57.4 Å². The molecule has 1 N–H and O–H groups in total. The van der Waals surface area contributed by atoms with Crippen LogP contribution >= 0.6 is 0 Å². The van der Waals surface area contributed by atoms with E-state index in [-0.39, 0.29) is 0 Å². The standard InChI is InChI=1S/C19H26N4/c1-3-4-7-12-20-18-14-19(22-15(2)21-18)23-13-8-10-16-9-5-6-11-17(16)23/h5-6,9,11,14H,3-4,7-8,10,12-13H2,1-2H3,(H,20,21,22). The Kier molecular flexibility index (Phi) is 5.11. The maximum absolute atomic E-state index is 4.68. The first kappa shape index (κ1) is 15.8. The van der Waals surface area contributed by atoms with Crippen molar-refractivity contribution >= 4 is 17.3 Å². The third kappa shape index (κ3) is 3.81. The molecule has 0 atom stereocenters. The molecule has 0 amide bonds. The molecule has 1 aliphatic heterocycles. The monoisotopic (exact) mass is 310 g/mol. The van der Waals surface area contributed by atoms with E-state index in [9.17, 15) is 0 Å². The Morgan fingerprint density at radius 3 is 2.91 bits per heavy atom. The molecule has 4 heteroatoms. The molecule has 2 heterocycles. The van der Waals surface area contributed by atoms with Crippen molar-refractivity contribution in [2.45, 2.75) is 46.0 Å². The van der Waals surface area contributed by atoms with Crippen molar-refractivity contribution in [2.24, 2.45) is 0 Å². The van der Waals surface area contributed by atoms with Crippen LogP contribution in [0.3, 0.4) is 0 Å². The largest absolute Gasteiger partial charge is 0.370 e. The molecular formula is C19H26N4. The maximum atomic E-state index is 4.68. The van der Waals surface area contributed by atoms with Crippen molar-refractivity contribution in [1.29, 1.82) is 0 Å². The molecule has 23 heavy (non-hydrogen) atoms. The molecule has 0 unspecified atom stereocenters. The molecule has 2 aromatic rings. The van der Waals surface area contributed by atoms with Gasteiger partial charge in [0.15, 0.2) is 0 Å². The summed E-state index contributed by atoms with van der Waals surface area (Å²) < 4.78 is 0. The van der Waals surface area contributed by atoms with Crippen molar-refractivity contribution < 1.29 is 0 Å². The van der Waals surface area contributed by atoms with Crippen LogP contribution in [0.4, 0.5) is 17.3 Å². The van der Waals surface area contributed by atoms with E-state index in [1.807, 2.05) is 6.92 Å². The van der Waals surface area contributed by atoms with Gasteiger partial charge in [-0.05, 0) is 37.8 Å². The van der Waals surface area contributed by atoms with Crippen molar-refractivity contribution in [3.8, 4) is 0 Å². The van der Waals surface area contributed by atoms with E-state index in [1.165, 1.54) is 36.9 Å². The molecule has 0 bridgehead atoms. The van der Waals surface area contributed by atoms with Crippen LogP contribution in [0.2, 0.25) is 0 Å². The summed E-state index contributed by atoms with van der Waals surface area (Å²) in [5, 5.41) is 3.45. The lowest BCUT2D eigenvalue weighted by Gasteiger charge is -2.30. The first-order valence-electron chi connectivity index (χ1n) is 8.73. The van der Waals surface area contributed by atoms with Gasteiger partial charge in [-0.3, -0.25) is 0 Å². The van der Waals surface area contributed by atoms with E-state index in [1.54, 1.807) is 0 Å². The molecule has 0 spiro atoms. The lowest BCUT2D eigenvalue weighted by molar-refractivity contribution is 0.740. The number of nitrogens with one attached hydrogen (secondary N) is 1. The van der Waals surface area contributed by atoms with E-state index in [4.69, 9.17) is 0 Å². The third-order valence-electron chi connectivity index (χ3n) is 4.30. The van der Waals surface area contributed by atoms with Gasteiger partial charge in [0.1, 0.15) is 17.5 Å². The Morgan fingerprint density at radius 2 is 2.04 bits per heavy atom. The first-order chi connectivity index (χ1) is 11.3. The normalized spacial score (nSPS) is 13.7. The van der Waals surface area contributed by atoms with Gasteiger partial charge in [0.2, 0.25) is 0 Å². The van der Waals surface area contributed by atoms with Crippen LogP contribution in [0.15, 0.2) is 30.3 Å². The fourth-order valence-corrected chi connectivity index (χ4v) is 3.14. The Hall–Kier alpha value is -2.10. The molecule has 1 aromatic heterocycles. The summed E-state index contributed by atoms with van der Waals surface area (Å²) in [4.78, 5) is 11.5. The van der Waals surface area contributed by atoms with Gasteiger partial charge >= 0.3 is 0 Å². The number of para-hydroxylation sites is 1. The van der Waals surface area contributed by atoms with Crippen LogP contribution in [-0.4, -0.2) is 23.1 Å². The van der Waals surface area contributed by atoms with Gasteiger partial charge in [-0.25, -0.2) is 9.97 Å². The van der Waals surface area contributed by atoms with E-state index >= 15 is 0 Å². The molecule has 0 saturated carbocycles. The van der Waals surface area contributed by atoms with Gasteiger partial charge in [-0.1, -0.05) is 38.0 Å². The summed E-state index contributed by atoms with van der Waals surface area (Å²) in [7, 11) is 0. The van der Waals surface area contributed by atoms with Gasteiger partial charge in [-0.2, -0.15) is 0 Å². The van der Waals surface area contributed by atoms with Gasteiger partial charge in [0.05, 0.1) is 0 Å². The van der Waals surface area contributed by atoms with Crippen LogP contribution in [0.1, 0.15) is 44.0 Å². The third-order valence-corrected chi connectivity index (χ3v) is 4.30. The van der Waals surface area contributed by atoms with E-state index in [0.29, 0.717) is 0 Å². The first-order valence-corrected chi connectivity index (χ1v) is 8.73. The second-order valence-electron chi connectivity index (χ2n) is 6.18. The molecule has 122 valence electrons. The van der Waals surface area contributed by atoms with Crippen LogP contribution < -0.4 is 10.2 Å². The molecule has 0 aliphatic carbocycles. The van der Waals surface area contributed by atoms with Gasteiger partial charge < -0.3 is 10.2 Å². The smallest absolute Gasteiger partial charge is 0.138 e. The second kappa shape index (κ2) is 7.44. The Balaban J connectivity index is 1.82. The Morgan fingerprint density at radius 1 is 1.17 bits per heavy atom. The zero-order valence-corrected chi connectivity index (χ0v) is 14.2. The summed E-state index contributed by atoms with van der Waals surface area (Å²) >= 11 is 0. The molecule has 1 aliphatic rings. The van der Waals surface area contributed by atoms with Crippen molar-refractivity contribution in [3.63, 3.8) is 0 Å². The van der Waals surface area contributed by atoms with Crippen LogP contribution in [0.5, 0.6) is 0 Å². The minimum absolute atomic E-state index is 0.823. The SMILES string of the molecule is CCCCCNc1cc(N2CCCc3ccccc32)nc(C)n1. The van der Waals surface area contributed by atoms with E-state index < -0.39 is 0 Å². The minimum atomic E-state index is 0.823. The summed E-state index contributed by atoms with van der Waals surface area (Å²) in [5.41, 5.74) is 2.70. The van der Waals surface area contributed by atoms with Gasteiger partial charge in [0, 0.05) is 24.8 Å². The zero-order valence-electron chi connectivity index (χ0n) is 14.2. The van der Waals surface area contributed by atoms with Crippen LogP contribution in [0.25, 0.3) is 0 Å². The predicted molar refractivity (Wildman–Crippen MR) is 96.6 cm³/mol. The Labute approximate surface area is 139 Å². The number of hydrogen-bond donors (Lipinski definition) is 1. The number of aryl methyl sites for hydroxylation is 2. The molecular weight excluding hydrogens is 284 g/mol. The number of anilines is 3. The average molecular weight is 310 g/mol. The quantitative estimate of drug-likeness (QED) is 0.799. The number of benzene rings is 1. The molecule has 0 fully saturated rings. The average Bonchev–Trinajstić information content (AvgIpc) is 2.58. The van der Waals surface area contributed by atoms with Crippen LogP contribution in [0, 0.1) is 6.92 Å². The number of aromatic nitrogens is 2. The van der Waals surface area contributed by atoms with Crippen LogP contribution in [-0.2, 0) is 6.42 Å². The molecule has 0 radical (unpaired) electrons. The summed E-state index contributed by atoms with van der Waals surface area (Å²) in [6, 6.07) is 10.7.